The summed E-state index contributed by atoms with van der Waals surface area (Å²) < 4.78 is 39.9. The van der Waals surface area contributed by atoms with Crippen molar-refractivity contribution in [3.8, 4) is 0 Å². The Kier molecular flexibility index (Phi) is 4.68. The number of piperidine rings is 1. The molecule has 20 heavy (non-hydrogen) atoms. The van der Waals surface area contributed by atoms with E-state index in [0.717, 1.165) is 18.6 Å². The fourth-order valence-electron chi connectivity index (χ4n) is 2.28. The van der Waals surface area contributed by atoms with Crippen LogP contribution < -0.4 is 5.73 Å². The predicted molar refractivity (Wildman–Crippen MR) is 77.1 cm³/mol. The second-order valence-electron chi connectivity index (χ2n) is 4.86. The minimum atomic E-state index is -3.75. The van der Waals surface area contributed by atoms with Gasteiger partial charge in [0.15, 0.2) is 0 Å². The topological polar surface area (TPSA) is 83.6 Å². The number of sulfonamides is 1. The molecule has 1 aromatic rings. The lowest BCUT2D eigenvalue weighted by Crippen LogP contribution is -2.41. The molecule has 1 aromatic carbocycles. The van der Waals surface area contributed by atoms with Gasteiger partial charge in [-0.2, -0.15) is 4.31 Å². The Morgan fingerprint density at radius 3 is 2.85 bits per heavy atom. The molecule has 1 heterocycles. The fraction of sp³-hybridized carbons (Fsp3) is 0.500. The monoisotopic (exact) mass is 366 g/mol. The van der Waals surface area contributed by atoms with Crippen molar-refractivity contribution in [3.63, 3.8) is 0 Å². The molecule has 1 saturated heterocycles. The Labute approximate surface area is 125 Å². The number of nitrogens with two attached hydrogens (primary N) is 1. The first kappa shape index (κ1) is 15.7. The molecule has 1 atom stereocenters. The van der Waals surface area contributed by atoms with Gasteiger partial charge in [0.1, 0.15) is 5.82 Å². The first-order chi connectivity index (χ1) is 9.36. The highest BCUT2D eigenvalue weighted by molar-refractivity contribution is 9.10. The van der Waals surface area contributed by atoms with Gasteiger partial charge in [0.25, 0.3) is 0 Å². The normalized spacial score (nSPS) is 21.1. The Balaban J connectivity index is 2.37. The van der Waals surface area contributed by atoms with Gasteiger partial charge in [0, 0.05) is 24.2 Å². The van der Waals surface area contributed by atoms with Gasteiger partial charge in [-0.05, 0) is 46.8 Å². The lowest BCUT2D eigenvalue weighted by Gasteiger charge is -2.31. The predicted octanol–water partition coefficient (Wildman–Crippen LogP) is 1.56. The van der Waals surface area contributed by atoms with Crippen LogP contribution in [0.25, 0.3) is 0 Å². The molecule has 1 aliphatic rings. The van der Waals surface area contributed by atoms with Crippen molar-refractivity contribution in [1.82, 2.24) is 4.31 Å². The molecule has 0 radical (unpaired) electrons. The molecule has 1 aliphatic heterocycles. The Morgan fingerprint density at radius 2 is 2.20 bits per heavy atom. The number of aliphatic hydroxyl groups is 1. The molecule has 0 aliphatic carbocycles. The minimum absolute atomic E-state index is 0.0429. The molecule has 112 valence electrons. The minimum Gasteiger partial charge on any atom is -0.396 e. The molecule has 5 nitrogen and oxygen atoms in total. The van der Waals surface area contributed by atoms with Crippen LogP contribution in [-0.2, 0) is 10.0 Å². The molecule has 0 saturated carbocycles. The number of halogens is 2. The number of benzene rings is 1. The third-order valence-corrected chi connectivity index (χ3v) is 6.23. The lowest BCUT2D eigenvalue weighted by atomic mass is 10.0. The molecule has 0 spiro atoms. The maximum Gasteiger partial charge on any atom is 0.244 e. The first-order valence-electron chi connectivity index (χ1n) is 6.21. The molecule has 0 aromatic heterocycles. The maximum absolute atomic E-state index is 13.3. The molecule has 1 unspecified atom stereocenters. The average molecular weight is 367 g/mol. The van der Waals surface area contributed by atoms with Crippen molar-refractivity contribution in [2.45, 2.75) is 17.7 Å². The van der Waals surface area contributed by atoms with Gasteiger partial charge >= 0.3 is 0 Å². The molecular formula is C12H16BrFN2O3S. The fourth-order valence-corrected chi connectivity index (χ4v) is 4.84. The van der Waals surface area contributed by atoms with Crippen molar-refractivity contribution in [1.29, 1.82) is 0 Å². The molecule has 0 bridgehead atoms. The molecule has 1 fully saturated rings. The Morgan fingerprint density at radius 1 is 1.50 bits per heavy atom. The highest BCUT2D eigenvalue weighted by Gasteiger charge is 2.31. The van der Waals surface area contributed by atoms with Crippen LogP contribution in [0.15, 0.2) is 21.5 Å². The van der Waals surface area contributed by atoms with E-state index in [2.05, 4.69) is 15.9 Å². The molecule has 3 N–H and O–H groups in total. The third kappa shape index (κ3) is 2.98. The van der Waals surface area contributed by atoms with Crippen molar-refractivity contribution < 1.29 is 17.9 Å². The Bertz CT molecular complexity index is 609. The number of anilines is 1. The van der Waals surface area contributed by atoms with Gasteiger partial charge in [-0.1, -0.05) is 0 Å². The standard InChI is InChI=1S/C12H16BrFN2O3S/c13-9-4-10(14)11(15)5-12(9)20(18,19)16-3-1-2-8(6-16)7-17/h4-5,8,17H,1-3,6-7,15H2. The van der Waals surface area contributed by atoms with Gasteiger partial charge in [-0.25, -0.2) is 12.8 Å². The largest absolute Gasteiger partial charge is 0.396 e. The molecule has 0 amide bonds. The summed E-state index contributed by atoms with van der Waals surface area (Å²) in [6.45, 7) is 0.615. The Hall–Kier alpha value is -0.700. The number of aliphatic hydroxyl groups excluding tert-OH is 1. The van der Waals surface area contributed by atoms with Gasteiger partial charge in [0.2, 0.25) is 10.0 Å². The van der Waals surface area contributed by atoms with Gasteiger partial charge in [-0.3, -0.25) is 0 Å². The van der Waals surface area contributed by atoms with Gasteiger partial charge < -0.3 is 10.8 Å². The lowest BCUT2D eigenvalue weighted by molar-refractivity contribution is 0.165. The smallest absolute Gasteiger partial charge is 0.244 e. The second kappa shape index (κ2) is 5.97. The first-order valence-corrected chi connectivity index (χ1v) is 8.45. The summed E-state index contributed by atoms with van der Waals surface area (Å²) in [4.78, 5) is -0.0463. The van der Waals surface area contributed by atoms with E-state index < -0.39 is 15.8 Å². The number of nitrogen functional groups attached to an aromatic ring is 1. The van der Waals surface area contributed by atoms with E-state index in [1.54, 1.807) is 0 Å². The van der Waals surface area contributed by atoms with E-state index in [9.17, 15) is 17.9 Å². The number of hydrogen-bond acceptors (Lipinski definition) is 4. The quantitative estimate of drug-likeness (QED) is 0.795. The van der Waals surface area contributed by atoms with E-state index in [1.165, 1.54) is 4.31 Å². The third-order valence-electron chi connectivity index (χ3n) is 3.41. The number of hydrogen-bond donors (Lipinski definition) is 2. The van der Waals surface area contributed by atoms with Crippen LogP contribution in [0.2, 0.25) is 0 Å². The van der Waals surface area contributed by atoms with Crippen molar-refractivity contribution in [2.75, 3.05) is 25.4 Å². The van der Waals surface area contributed by atoms with Crippen molar-refractivity contribution >= 4 is 31.6 Å². The van der Waals surface area contributed by atoms with E-state index in [1.807, 2.05) is 0 Å². The SMILES string of the molecule is Nc1cc(S(=O)(=O)N2CCCC(CO)C2)c(Br)cc1F. The van der Waals surface area contributed by atoms with Crippen LogP contribution in [0.5, 0.6) is 0 Å². The zero-order valence-electron chi connectivity index (χ0n) is 10.7. The average Bonchev–Trinajstić information content (AvgIpc) is 2.42. The zero-order valence-corrected chi connectivity index (χ0v) is 13.1. The summed E-state index contributed by atoms with van der Waals surface area (Å²) in [5.41, 5.74) is 5.24. The van der Waals surface area contributed by atoms with Crippen LogP contribution in [0.3, 0.4) is 0 Å². The molecule has 2 rings (SSSR count). The summed E-state index contributed by atoms with van der Waals surface area (Å²) in [6.07, 6.45) is 1.49. The highest BCUT2D eigenvalue weighted by Crippen LogP contribution is 2.31. The van der Waals surface area contributed by atoms with Crippen LogP contribution in [0.1, 0.15) is 12.8 Å². The maximum atomic E-state index is 13.3. The zero-order chi connectivity index (χ0) is 14.9. The van der Waals surface area contributed by atoms with Crippen LogP contribution >= 0.6 is 15.9 Å². The van der Waals surface area contributed by atoms with E-state index in [-0.39, 0.29) is 34.1 Å². The van der Waals surface area contributed by atoms with Crippen LogP contribution in [0.4, 0.5) is 10.1 Å². The van der Waals surface area contributed by atoms with E-state index in [0.29, 0.717) is 13.0 Å². The summed E-state index contributed by atoms with van der Waals surface area (Å²) in [5.74, 6) is -0.724. The summed E-state index contributed by atoms with van der Waals surface area (Å²) >= 11 is 3.07. The van der Waals surface area contributed by atoms with Gasteiger partial charge in [-0.15, -0.1) is 0 Å². The second-order valence-corrected chi connectivity index (χ2v) is 7.62. The van der Waals surface area contributed by atoms with E-state index >= 15 is 0 Å². The molecule has 8 heteroatoms. The highest BCUT2D eigenvalue weighted by atomic mass is 79.9. The summed E-state index contributed by atoms with van der Waals surface area (Å²) in [5, 5.41) is 9.18. The van der Waals surface area contributed by atoms with Gasteiger partial charge in [0.05, 0.1) is 10.6 Å². The van der Waals surface area contributed by atoms with Crippen LogP contribution in [0, 0.1) is 11.7 Å². The van der Waals surface area contributed by atoms with Crippen LogP contribution in [-0.4, -0.2) is 37.5 Å². The number of nitrogens with zero attached hydrogens (tertiary/aromatic N) is 1. The van der Waals surface area contributed by atoms with Crippen molar-refractivity contribution in [3.05, 3.63) is 22.4 Å². The van der Waals surface area contributed by atoms with E-state index in [4.69, 9.17) is 5.73 Å². The summed E-state index contributed by atoms with van der Waals surface area (Å²) in [6, 6.07) is 2.17. The van der Waals surface area contributed by atoms with Crippen molar-refractivity contribution in [2.24, 2.45) is 5.92 Å². The molecular weight excluding hydrogens is 351 g/mol. The number of rotatable bonds is 3. The summed E-state index contributed by atoms with van der Waals surface area (Å²) in [7, 11) is -3.75.